The van der Waals surface area contributed by atoms with Crippen LogP contribution in [-0.2, 0) is 19.1 Å². The monoisotopic (exact) mass is 540 g/mol. The molecule has 0 spiro atoms. The molecule has 38 heavy (non-hydrogen) atoms. The van der Waals surface area contributed by atoms with Crippen LogP contribution in [0.3, 0.4) is 0 Å². The zero-order valence-electron chi connectivity index (χ0n) is 22.1. The lowest BCUT2D eigenvalue weighted by molar-refractivity contribution is -0.149. The Morgan fingerprint density at radius 1 is 1.34 bits per heavy atom. The average Bonchev–Trinajstić information content (AvgIpc) is 3.53. The summed E-state index contributed by atoms with van der Waals surface area (Å²) in [6, 6.07) is 4.66. The van der Waals surface area contributed by atoms with E-state index in [1.54, 1.807) is 19.3 Å². The third kappa shape index (κ3) is 5.13. The summed E-state index contributed by atoms with van der Waals surface area (Å²) in [7, 11) is 1.57. The maximum absolute atomic E-state index is 13.5. The smallest absolute Gasteiger partial charge is 0.326 e. The van der Waals surface area contributed by atoms with Gasteiger partial charge in [0.15, 0.2) is 5.82 Å². The van der Waals surface area contributed by atoms with Crippen molar-refractivity contribution < 1.29 is 24.2 Å². The molecule has 4 rings (SSSR count). The van der Waals surface area contributed by atoms with Crippen molar-refractivity contribution >= 4 is 23.5 Å². The maximum atomic E-state index is 13.5. The van der Waals surface area contributed by atoms with Crippen LogP contribution in [0.5, 0.6) is 0 Å². The molecular formula is C28H33ClN4O5. The lowest BCUT2D eigenvalue weighted by Crippen LogP contribution is -2.41. The van der Waals surface area contributed by atoms with E-state index in [-0.39, 0.29) is 18.2 Å². The molecule has 2 aliphatic heterocycles. The van der Waals surface area contributed by atoms with Crippen molar-refractivity contribution in [3.8, 4) is 5.69 Å². The summed E-state index contributed by atoms with van der Waals surface area (Å²) in [6.45, 7) is 10.3. The second-order valence-electron chi connectivity index (χ2n) is 9.63. The van der Waals surface area contributed by atoms with Gasteiger partial charge in [0, 0.05) is 28.6 Å². The van der Waals surface area contributed by atoms with Gasteiger partial charge < -0.3 is 19.5 Å². The summed E-state index contributed by atoms with van der Waals surface area (Å²) >= 11 is 6.47. The van der Waals surface area contributed by atoms with E-state index in [0.717, 1.165) is 11.3 Å². The van der Waals surface area contributed by atoms with E-state index in [9.17, 15) is 14.7 Å². The molecule has 3 atom stereocenters. The number of carboxylic acids is 1. The van der Waals surface area contributed by atoms with Crippen LogP contribution in [0.4, 0.5) is 0 Å². The van der Waals surface area contributed by atoms with Crippen molar-refractivity contribution in [3.05, 3.63) is 76.6 Å². The number of carbonyl (C=O) groups excluding carboxylic acids is 1. The number of aromatic nitrogens is 3. The third-order valence-electron chi connectivity index (χ3n) is 6.87. The van der Waals surface area contributed by atoms with Crippen molar-refractivity contribution in [1.82, 2.24) is 19.7 Å². The number of hydrogen-bond acceptors (Lipinski definition) is 6. The van der Waals surface area contributed by atoms with Gasteiger partial charge in [0.05, 0.1) is 19.2 Å². The van der Waals surface area contributed by atoms with Gasteiger partial charge in [-0.2, -0.15) is 0 Å². The topological polar surface area (TPSA) is 107 Å². The van der Waals surface area contributed by atoms with Crippen LogP contribution in [-0.4, -0.2) is 56.3 Å². The van der Waals surface area contributed by atoms with Gasteiger partial charge in [-0.3, -0.25) is 9.36 Å². The molecule has 2 unspecified atom stereocenters. The number of benzene rings is 1. The molecule has 1 aromatic carbocycles. The van der Waals surface area contributed by atoms with Crippen LogP contribution in [0.2, 0.25) is 5.02 Å². The van der Waals surface area contributed by atoms with Crippen LogP contribution in [0, 0.1) is 0 Å². The van der Waals surface area contributed by atoms with Crippen LogP contribution in [0.1, 0.15) is 75.4 Å². The quantitative estimate of drug-likeness (QED) is 0.358. The predicted octanol–water partition coefficient (Wildman–Crippen LogP) is 5.28. The highest BCUT2D eigenvalue weighted by Gasteiger charge is 2.40. The van der Waals surface area contributed by atoms with Crippen molar-refractivity contribution in [2.45, 2.75) is 64.2 Å². The van der Waals surface area contributed by atoms with E-state index >= 15 is 0 Å². The number of likely N-dealkylation sites (tertiary alicyclic amines) is 1. The Bertz CT molecular complexity index is 1300. The summed E-state index contributed by atoms with van der Waals surface area (Å²) in [5.74, 6) is 0.431. The van der Waals surface area contributed by atoms with Crippen LogP contribution >= 0.6 is 11.6 Å². The van der Waals surface area contributed by atoms with Gasteiger partial charge >= 0.3 is 5.97 Å². The van der Waals surface area contributed by atoms with E-state index in [0.29, 0.717) is 47.4 Å². The third-order valence-corrected chi connectivity index (χ3v) is 7.11. The molecule has 1 aromatic heterocycles. The summed E-state index contributed by atoms with van der Waals surface area (Å²) in [6.07, 6.45) is 4.77. The number of aliphatic carboxylic acids is 1. The first kappa shape index (κ1) is 27.6. The number of carbonyl (C=O) groups is 2. The van der Waals surface area contributed by atoms with E-state index in [2.05, 4.69) is 16.8 Å². The number of ether oxygens (including phenoxy) is 2. The highest BCUT2D eigenvalue weighted by Crippen LogP contribution is 2.44. The molecule has 1 amide bonds. The van der Waals surface area contributed by atoms with E-state index in [1.807, 2.05) is 49.6 Å². The number of carboxylic acid groups (broad SMARTS) is 1. The Hall–Kier alpha value is -3.43. The van der Waals surface area contributed by atoms with Crippen molar-refractivity contribution in [2.24, 2.45) is 0 Å². The summed E-state index contributed by atoms with van der Waals surface area (Å²) in [4.78, 5) is 26.7. The average molecular weight is 541 g/mol. The lowest BCUT2D eigenvalue weighted by Gasteiger charge is -2.27. The molecule has 1 saturated heterocycles. The first-order chi connectivity index (χ1) is 18.2. The Morgan fingerprint density at radius 2 is 2.11 bits per heavy atom. The number of hydrogen-bond donors (Lipinski definition) is 1. The van der Waals surface area contributed by atoms with Crippen LogP contribution in [0.25, 0.3) is 5.69 Å². The molecule has 0 bridgehead atoms. The Labute approximate surface area is 227 Å². The zero-order chi connectivity index (χ0) is 27.6. The molecular weight excluding hydrogens is 508 g/mol. The number of methoxy groups -OCH3 is 1. The van der Waals surface area contributed by atoms with E-state index < -0.39 is 24.2 Å². The van der Waals surface area contributed by atoms with Crippen molar-refractivity contribution in [1.29, 1.82) is 0 Å². The summed E-state index contributed by atoms with van der Waals surface area (Å²) in [5.41, 5.74) is 2.17. The van der Waals surface area contributed by atoms with Gasteiger partial charge in [0.2, 0.25) is 5.91 Å². The number of amides is 1. The van der Waals surface area contributed by atoms with Crippen LogP contribution < -0.4 is 0 Å². The van der Waals surface area contributed by atoms with Gasteiger partial charge in [-0.25, -0.2) is 4.79 Å². The fourth-order valence-electron chi connectivity index (χ4n) is 5.12. The second-order valence-corrected chi connectivity index (χ2v) is 10.1. The van der Waals surface area contributed by atoms with Crippen molar-refractivity contribution in [2.75, 3.05) is 13.7 Å². The molecule has 3 heterocycles. The molecule has 0 radical (unpaired) electrons. The normalized spacial score (nSPS) is 21.6. The molecule has 202 valence electrons. The second kappa shape index (κ2) is 11.5. The summed E-state index contributed by atoms with van der Waals surface area (Å²) < 4.78 is 14.3. The number of fused-ring (bicyclic) bond motifs is 3. The molecule has 0 saturated carbocycles. The SMILES string of the molecule is C=C/C(=C(\C=C/C)OC)C1OC(CC(=O)N2CCC[C@H]2C(=O)O)c2nnc(C(C)C)n2-c2ccc(Cl)cc21. The maximum Gasteiger partial charge on any atom is 0.326 e. The van der Waals surface area contributed by atoms with Gasteiger partial charge in [0.25, 0.3) is 0 Å². The molecule has 0 aliphatic carbocycles. The lowest BCUT2D eigenvalue weighted by atomic mass is 9.97. The van der Waals surface area contributed by atoms with Crippen molar-refractivity contribution in [3.63, 3.8) is 0 Å². The Balaban J connectivity index is 1.90. The van der Waals surface area contributed by atoms with E-state index in [1.165, 1.54) is 4.90 Å². The highest BCUT2D eigenvalue weighted by atomic mass is 35.5. The van der Waals surface area contributed by atoms with E-state index in [4.69, 9.17) is 21.1 Å². The minimum Gasteiger partial charge on any atom is -0.496 e. The van der Waals surface area contributed by atoms with Gasteiger partial charge in [-0.1, -0.05) is 44.2 Å². The summed E-state index contributed by atoms with van der Waals surface area (Å²) in [5, 5.41) is 19.1. The first-order valence-electron chi connectivity index (χ1n) is 12.7. The van der Waals surface area contributed by atoms with Gasteiger partial charge in [-0.15, -0.1) is 10.2 Å². The molecule has 9 nitrogen and oxygen atoms in total. The minimum atomic E-state index is -1.00. The van der Waals surface area contributed by atoms with Gasteiger partial charge in [-0.05, 0) is 44.0 Å². The Morgan fingerprint density at radius 3 is 2.74 bits per heavy atom. The standard InChI is InChI=1S/C28H33ClN4O5/c1-6-9-22(37-5)18(7-2)25-19-14-17(29)11-12-20(19)33-26(16(3)4)30-31-27(33)23(38-25)15-24(34)32-13-8-10-21(32)28(35)36/h6-7,9,11-12,14,16,21,23,25H,2,8,10,13,15H2,1,3-5H3,(H,35,36)/b9-6-,22-18-/t21-,23?,25?/m0/s1. The molecule has 2 aliphatic rings. The largest absolute Gasteiger partial charge is 0.496 e. The minimum absolute atomic E-state index is 0.0228. The predicted molar refractivity (Wildman–Crippen MR) is 143 cm³/mol. The fourth-order valence-corrected chi connectivity index (χ4v) is 5.30. The molecule has 1 fully saturated rings. The molecule has 1 N–H and O–H groups in total. The zero-order valence-corrected chi connectivity index (χ0v) is 22.8. The van der Waals surface area contributed by atoms with Gasteiger partial charge in [0.1, 0.15) is 29.8 Å². The van der Waals surface area contributed by atoms with Crippen LogP contribution in [0.15, 0.2) is 54.3 Å². The molecule has 2 aromatic rings. The number of nitrogens with zero attached hydrogens (tertiary/aromatic N) is 4. The fraction of sp³-hybridized carbons (Fsp3) is 0.429. The first-order valence-corrected chi connectivity index (χ1v) is 13.1. The molecule has 10 heteroatoms. The Kier molecular flexibility index (Phi) is 8.38. The highest BCUT2D eigenvalue weighted by molar-refractivity contribution is 6.30. The number of rotatable bonds is 8. The number of halogens is 1. The number of allylic oxidation sites excluding steroid dienone is 2.